The molecule has 1 aromatic carbocycles. The van der Waals surface area contributed by atoms with E-state index in [1.807, 2.05) is 25.2 Å². The molecule has 1 amide bonds. The second-order valence-electron chi connectivity index (χ2n) is 6.05. The number of aryl methyl sites for hydroxylation is 1. The highest BCUT2D eigenvalue weighted by Gasteiger charge is 2.40. The Bertz CT molecular complexity index is 775. The van der Waals surface area contributed by atoms with Crippen LogP contribution in [0.4, 0.5) is 5.69 Å². The molecule has 1 heterocycles. The van der Waals surface area contributed by atoms with Gasteiger partial charge in [-0.05, 0) is 50.5 Å². The van der Waals surface area contributed by atoms with Gasteiger partial charge in [0.15, 0.2) is 0 Å². The first-order chi connectivity index (χ1) is 10.9. The number of hydrogen-bond donors (Lipinski definition) is 2. The molecule has 0 aliphatic heterocycles. The Morgan fingerprint density at radius 3 is 2.70 bits per heavy atom. The summed E-state index contributed by atoms with van der Waals surface area (Å²) in [5, 5.41) is 3.74. The van der Waals surface area contributed by atoms with Crippen molar-refractivity contribution in [1.29, 1.82) is 0 Å². The summed E-state index contributed by atoms with van der Waals surface area (Å²) in [6, 6.07) is 7.30. The molecule has 1 aromatic heterocycles. The third-order valence-corrected chi connectivity index (χ3v) is 4.48. The summed E-state index contributed by atoms with van der Waals surface area (Å²) in [6.45, 7) is 2.11. The third-order valence-electron chi connectivity index (χ3n) is 4.48. The van der Waals surface area contributed by atoms with Crippen molar-refractivity contribution < 1.29 is 14.3 Å². The fourth-order valence-corrected chi connectivity index (χ4v) is 2.87. The molecule has 0 unspecified atom stereocenters. The molecule has 0 radical (unpaired) electrons. The zero-order valence-corrected chi connectivity index (χ0v) is 13.4. The molecule has 1 saturated carbocycles. The minimum atomic E-state index is -0.734. The molecule has 0 bridgehead atoms. The van der Waals surface area contributed by atoms with Crippen molar-refractivity contribution in [3.05, 3.63) is 30.0 Å². The first kappa shape index (κ1) is 15.6. The molecular weight excluding hydrogens is 294 g/mol. The molecule has 6 heteroatoms. The maximum atomic E-state index is 12.2. The summed E-state index contributed by atoms with van der Waals surface area (Å²) in [5.41, 5.74) is 7.36. The van der Waals surface area contributed by atoms with E-state index in [2.05, 4.69) is 5.32 Å². The summed E-state index contributed by atoms with van der Waals surface area (Å²) in [5.74, 6) is -0.503. The zero-order chi connectivity index (χ0) is 16.6. The predicted octanol–water partition coefficient (Wildman–Crippen LogP) is 2.17. The SMILES string of the molecule is CCOC(=O)c1cc2cc(NC(=O)C3(N)CCC3)ccc2n1C. The van der Waals surface area contributed by atoms with Crippen LogP contribution >= 0.6 is 0 Å². The van der Waals surface area contributed by atoms with Crippen molar-refractivity contribution in [2.24, 2.45) is 12.8 Å². The van der Waals surface area contributed by atoms with Crippen LogP contribution in [0.3, 0.4) is 0 Å². The normalized spacial score (nSPS) is 16.0. The van der Waals surface area contributed by atoms with Crippen molar-refractivity contribution in [2.75, 3.05) is 11.9 Å². The average molecular weight is 315 g/mol. The maximum Gasteiger partial charge on any atom is 0.354 e. The molecule has 1 fully saturated rings. The van der Waals surface area contributed by atoms with E-state index in [1.165, 1.54) is 0 Å². The lowest BCUT2D eigenvalue weighted by Crippen LogP contribution is -2.56. The molecule has 122 valence electrons. The van der Waals surface area contributed by atoms with Crippen molar-refractivity contribution in [1.82, 2.24) is 4.57 Å². The van der Waals surface area contributed by atoms with E-state index in [1.54, 1.807) is 17.6 Å². The van der Waals surface area contributed by atoms with E-state index in [-0.39, 0.29) is 11.9 Å². The molecule has 3 rings (SSSR count). The Labute approximate surface area is 134 Å². The topological polar surface area (TPSA) is 86.3 Å². The molecule has 23 heavy (non-hydrogen) atoms. The summed E-state index contributed by atoms with van der Waals surface area (Å²) in [6.07, 6.45) is 2.43. The number of carbonyl (C=O) groups is 2. The standard InChI is InChI=1S/C17H21N3O3/c1-3-23-15(21)14-10-11-9-12(5-6-13(11)20(14)2)19-16(22)17(18)7-4-8-17/h5-6,9-10H,3-4,7-8,18H2,1-2H3,(H,19,22). The molecular formula is C17H21N3O3. The van der Waals surface area contributed by atoms with Crippen molar-refractivity contribution in [3.63, 3.8) is 0 Å². The molecule has 0 spiro atoms. The van der Waals surface area contributed by atoms with Crippen molar-refractivity contribution in [3.8, 4) is 0 Å². The number of nitrogens with zero attached hydrogens (tertiary/aromatic N) is 1. The van der Waals surface area contributed by atoms with Gasteiger partial charge in [0.25, 0.3) is 0 Å². The van der Waals surface area contributed by atoms with E-state index in [0.29, 0.717) is 18.0 Å². The van der Waals surface area contributed by atoms with E-state index in [4.69, 9.17) is 10.5 Å². The van der Waals surface area contributed by atoms with Gasteiger partial charge in [-0.1, -0.05) is 0 Å². The number of carbonyl (C=O) groups excluding carboxylic acids is 2. The molecule has 0 saturated heterocycles. The summed E-state index contributed by atoms with van der Waals surface area (Å²) >= 11 is 0. The highest BCUT2D eigenvalue weighted by molar-refractivity contribution is 6.01. The molecule has 1 aliphatic rings. The number of aromatic nitrogens is 1. The van der Waals surface area contributed by atoms with Crippen LogP contribution in [0.25, 0.3) is 10.9 Å². The van der Waals surface area contributed by atoms with Gasteiger partial charge in [-0.3, -0.25) is 4.79 Å². The lowest BCUT2D eigenvalue weighted by atomic mass is 9.77. The fourth-order valence-electron chi connectivity index (χ4n) is 2.87. The maximum absolute atomic E-state index is 12.2. The number of anilines is 1. The molecule has 6 nitrogen and oxygen atoms in total. The molecule has 1 aliphatic carbocycles. The van der Waals surface area contributed by atoms with Gasteiger partial charge in [-0.15, -0.1) is 0 Å². The number of nitrogens with one attached hydrogen (secondary N) is 1. The first-order valence-corrected chi connectivity index (χ1v) is 7.81. The minimum Gasteiger partial charge on any atom is -0.461 e. The van der Waals surface area contributed by atoms with Crippen LogP contribution in [0.2, 0.25) is 0 Å². The molecule has 3 N–H and O–H groups in total. The van der Waals surface area contributed by atoms with Gasteiger partial charge in [0.1, 0.15) is 5.69 Å². The Kier molecular flexibility index (Phi) is 3.85. The van der Waals surface area contributed by atoms with Crippen LogP contribution < -0.4 is 11.1 Å². The van der Waals surface area contributed by atoms with E-state index >= 15 is 0 Å². The van der Waals surface area contributed by atoms with Crippen LogP contribution in [-0.4, -0.2) is 28.6 Å². The van der Waals surface area contributed by atoms with Gasteiger partial charge in [0, 0.05) is 23.6 Å². The number of esters is 1. The van der Waals surface area contributed by atoms with E-state index < -0.39 is 5.54 Å². The summed E-state index contributed by atoms with van der Waals surface area (Å²) < 4.78 is 6.84. The first-order valence-electron chi connectivity index (χ1n) is 7.81. The second-order valence-corrected chi connectivity index (χ2v) is 6.05. The van der Waals surface area contributed by atoms with Crippen molar-refractivity contribution >= 4 is 28.5 Å². The lowest BCUT2D eigenvalue weighted by molar-refractivity contribution is -0.123. The minimum absolute atomic E-state index is 0.148. The van der Waals surface area contributed by atoms with Gasteiger partial charge >= 0.3 is 5.97 Å². The van der Waals surface area contributed by atoms with Crippen molar-refractivity contribution in [2.45, 2.75) is 31.7 Å². The second kappa shape index (κ2) is 5.70. The van der Waals surface area contributed by atoms with Crippen LogP contribution in [0.1, 0.15) is 36.7 Å². The number of hydrogen-bond acceptors (Lipinski definition) is 4. The summed E-state index contributed by atoms with van der Waals surface area (Å²) in [7, 11) is 1.82. The zero-order valence-electron chi connectivity index (χ0n) is 13.4. The monoisotopic (exact) mass is 315 g/mol. The van der Waals surface area contributed by atoms with Gasteiger partial charge in [0.05, 0.1) is 12.1 Å². The van der Waals surface area contributed by atoms with Crippen LogP contribution in [0.5, 0.6) is 0 Å². The number of rotatable bonds is 4. The summed E-state index contributed by atoms with van der Waals surface area (Å²) in [4.78, 5) is 24.1. The highest BCUT2D eigenvalue weighted by atomic mass is 16.5. The van der Waals surface area contributed by atoms with Gasteiger partial charge in [0.2, 0.25) is 5.91 Å². The van der Waals surface area contributed by atoms with E-state index in [0.717, 1.165) is 30.2 Å². The Hall–Kier alpha value is -2.34. The quantitative estimate of drug-likeness (QED) is 0.847. The number of benzene rings is 1. The highest BCUT2D eigenvalue weighted by Crippen LogP contribution is 2.31. The van der Waals surface area contributed by atoms with Gasteiger partial charge < -0.3 is 20.4 Å². The number of ether oxygens (including phenoxy) is 1. The van der Waals surface area contributed by atoms with Crippen LogP contribution in [0, 0.1) is 0 Å². The van der Waals surface area contributed by atoms with Crippen LogP contribution in [-0.2, 0) is 16.6 Å². The Morgan fingerprint density at radius 1 is 1.35 bits per heavy atom. The molecule has 2 aromatic rings. The predicted molar refractivity (Wildman–Crippen MR) is 88.3 cm³/mol. The van der Waals surface area contributed by atoms with Gasteiger partial charge in [-0.25, -0.2) is 4.79 Å². The Morgan fingerprint density at radius 2 is 2.09 bits per heavy atom. The number of fused-ring (bicyclic) bond motifs is 1. The largest absolute Gasteiger partial charge is 0.461 e. The third kappa shape index (κ3) is 2.70. The fraction of sp³-hybridized carbons (Fsp3) is 0.412. The number of amides is 1. The smallest absolute Gasteiger partial charge is 0.354 e. The van der Waals surface area contributed by atoms with Crippen LogP contribution in [0.15, 0.2) is 24.3 Å². The van der Waals surface area contributed by atoms with E-state index in [9.17, 15) is 9.59 Å². The number of nitrogens with two attached hydrogens (primary N) is 1. The Balaban J connectivity index is 1.87. The van der Waals surface area contributed by atoms with Gasteiger partial charge in [-0.2, -0.15) is 0 Å². The lowest BCUT2D eigenvalue weighted by Gasteiger charge is -2.36. The molecule has 0 atom stereocenters. The average Bonchev–Trinajstić information content (AvgIpc) is 2.81.